The van der Waals surface area contributed by atoms with Crippen LogP contribution < -0.4 is 0 Å². The van der Waals surface area contributed by atoms with Gasteiger partial charge in [-0.25, -0.2) is 9.97 Å². The highest BCUT2D eigenvalue weighted by Crippen LogP contribution is 2.25. The Morgan fingerprint density at radius 2 is 2.14 bits per heavy atom. The predicted molar refractivity (Wildman–Crippen MR) is 48.2 cm³/mol. The molecule has 2 heterocycles. The summed E-state index contributed by atoms with van der Waals surface area (Å²) in [6, 6.07) is 1.74. The van der Waals surface area contributed by atoms with Gasteiger partial charge in [-0.2, -0.15) is 8.78 Å². The first-order chi connectivity index (χ1) is 6.47. The summed E-state index contributed by atoms with van der Waals surface area (Å²) in [4.78, 5) is 10.2. The average molecular weight is 197 g/mol. The Balaban J connectivity index is 2.63. The fourth-order valence-corrected chi connectivity index (χ4v) is 1.21. The lowest BCUT2D eigenvalue weighted by Crippen LogP contribution is -2.08. The molecular formula is C9H9F2N3. The molecule has 0 atom stereocenters. The topological polar surface area (TPSA) is 41.6 Å². The molecule has 0 saturated heterocycles. The van der Waals surface area contributed by atoms with Crippen molar-refractivity contribution in [2.24, 2.45) is 0 Å². The van der Waals surface area contributed by atoms with E-state index in [1.807, 2.05) is 6.92 Å². The Hall–Kier alpha value is -1.52. The van der Waals surface area contributed by atoms with Crippen molar-refractivity contribution in [3.05, 3.63) is 23.7 Å². The van der Waals surface area contributed by atoms with E-state index in [9.17, 15) is 8.78 Å². The molecule has 0 aliphatic rings. The average Bonchev–Trinajstić information content (AvgIpc) is 2.45. The molecule has 1 N–H and O–H groups in total. The van der Waals surface area contributed by atoms with E-state index in [1.165, 1.54) is 0 Å². The summed E-state index contributed by atoms with van der Waals surface area (Å²) in [5.74, 6) is -3.29. The van der Waals surface area contributed by atoms with Crippen LogP contribution in [0.4, 0.5) is 8.78 Å². The molecule has 0 aromatic carbocycles. The van der Waals surface area contributed by atoms with Gasteiger partial charge in [0.1, 0.15) is 0 Å². The standard InChI is InChI=1S/C9H9F2N3/c1-5-3-6-7(12-4-5)14-8(13-6)9(2,10)11/h3-4H,1-2H3,(H,12,13,14). The summed E-state index contributed by atoms with van der Waals surface area (Å²) in [5.41, 5.74) is 1.78. The first-order valence-electron chi connectivity index (χ1n) is 4.17. The van der Waals surface area contributed by atoms with Gasteiger partial charge in [-0.3, -0.25) is 0 Å². The van der Waals surface area contributed by atoms with Gasteiger partial charge < -0.3 is 4.98 Å². The number of aryl methyl sites for hydroxylation is 1. The molecule has 0 bridgehead atoms. The van der Waals surface area contributed by atoms with E-state index in [0.29, 0.717) is 11.2 Å². The highest BCUT2D eigenvalue weighted by atomic mass is 19.3. The maximum atomic E-state index is 12.9. The van der Waals surface area contributed by atoms with Gasteiger partial charge in [0.2, 0.25) is 0 Å². The van der Waals surface area contributed by atoms with Crippen LogP contribution in [0.3, 0.4) is 0 Å². The fourth-order valence-electron chi connectivity index (χ4n) is 1.21. The highest BCUT2D eigenvalue weighted by Gasteiger charge is 2.28. The third-order valence-electron chi connectivity index (χ3n) is 1.89. The van der Waals surface area contributed by atoms with E-state index >= 15 is 0 Å². The lowest BCUT2D eigenvalue weighted by molar-refractivity contribution is 0.00888. The molecule has 0 spiro atoms. The molecule has 2 rings (SSSR count). The Morgan fingerprint density at radius 1 is 1.43 bits per heavy atom. The molecule has 0 fully saturated rings. The van der Waals surface area contributed by atoms with Crippen LogP contribution in [0.15, 0.2) is 12.3 Å². The van der Waals surface area contributed by atoms with Crippen molar-refractivity contribution in [1.29, 1.82) is 0 Å². The number of alkyl halides is 2. The van der Waals surface area contributed by atoms with Gasteiger partial charge in [-0.1, -0.05) is 0 Å². The first kappa shape index (κ1) is 9.05. The molecule has 3 nitrogen and oxygen atoms in total. The van der Waals surface area contributed by atoms with Gasteiger partial charge in [0.25, 0.3) is 0 Å². The number of halogens is 2. The zero-order chi connectivity index (χ0) is 10.3. The summed E-state index contributed by atoms with van der Waals surface area (Å²) >= 11 is 0. The molecule has 0 saturated carbocycles. The zero-order valence-electron chi connectivity index (χ0n) is 7.81. The Bertz CT molecular complexity index is 470. The monoisotopic (exact) mass is 197 g/mol. The molecule has 0 aliphatic heterocycles. The Labute approximate surface area is 79.2 Å². The minimum absolute atomic E-state index is 0.326. The second-order valence-electron chi connectivity index (χ2n) is 3.36. The number of rotatable bonds is 1. The van der Waals surface area contributed by atoms with Crippen molar-refractivity contribution < 1.29 is 8.78 Å². The van der Waals surface area contributed by atoms with Gasteiger partial charge in [0, 0.05) is 13.1 Å². The second kappa shape index (κ2) is 2.73. The number of aromatic amines is 1. The molecule has 2 aromatic heterocycles. The van der Waals surface area contributed by atoms with Crippen LogP contribution in [0.5, 0.6) is 0 Å². The molecule has 0 unspecified atom stereocenters. The number of H-pyrrole nitrogens is 1. The van der Waals surface area contributed by atoms with Crippen molar-refractivity contribution in [3.8, 4) is 0 Å². The van der Waals surface area contributed by atoms with Crippen LogP contribution in [0.1, 0.15) is 18.3 Å². The number of hydrogen-bond donors (Lipinski definition) is 1. The lowest BCUT2D eigenvalue weighted by atomic mass is 10.3. The van der Waals surface area contributed by atoms with Crippen LogP contribution in [0, 0.1) is 6.92 Å². The zero-order valence-corrected chi connectivity index (χ0v) is 7.81. The molecule has 0 aliphatic carbocycles. The maximum Gasteiger partial charge on any atom is 0.302 e. The number of aromatic nitrogens is 3. The van der Waals surface area contributed by atoms with Crippen LogP contribution in [-0.2, 0) is 5.92 Å². The molecular weight excluding hydrogens is 188 g/mol. The maximum absolute atomic E-state index is 12.9. The van der Waals surface area contributed by atoms with Crippen LogP contribution in [0.25, 0.3) is 11.2 Å². The van der Waals surface area contributed by atoms with Crippen molar-refractivity contribution in [1.82, 2.24) is 15.0 Å². The fraction of sp³-hybridized carbons (Fsp3) is 0.333. The number of nitrogens with zero attached hydrogens (tertiary/aromatic N) is 2. The number of hydrogen-bond acceptors (Lipinski definition) is 2. The minimum Gasteiger partial charge on any atom is -0.336 e. The normalized spacial score (nSPS) is 12.3. The summed E-state index contributed by atoms with van der Waals surface area (Å²) in [6.45, 7) is 2.65. The molecule has 0 radical (unpaired) electrons. The first-order valence-corrected chi connectivity index (χ1v) is 4.17. The molecule has 14 heavy (non-hydrogen) atoms. The summed E-state index contributed by atoms with van der Waals surface area (Å²) in [6.07, 6.45) is 1.60. The van der Waals surface area contributed by atoms with Crippen molar-refractivity contribution in [3.63, 3.8) is 0 Å². The Morgan fingerprint density at radius 3 is 2.79 bits per heavy atom. The van der Waals surface area contributed by atoms with Crippen LogP contribution >= 0.6 is 0 Å². The Kier molecular flexibility index (Phi) is 1.77. The van der Waals surface area contributed by atoms with E-state index < -0.39 is 5.92 Å². The summed E-state index contributed by atoms with van der Waals surface area (Å²) in [7, 11) is 0. The minimum atomic E-state index is -2.95. The van der Waals surface area contributed by atoms with Crippen molar-refractivity contribution >= 4 is 11.2 Å². The van der Waals surface area contributed by atoms with E-state index in [-0.39, 0.29) is 5.82 Å². The molecule has 74 valence electrons. The van der Waals surface area contributed by atoms with Crippen molar-refractivity contribution in [2.75, 3.05) is 0 Å². The smallest absolute Gasteiger partial charge is 0.302 e. The number of pyridine rings is 1. The van der Waals surface area contributed by atoms with Gasteiger partial charge in [0.05, 0.1) is 5.52 Å². The van der Waals surface area contributed by atoms with E-state index in [4.69, 9.17) is 0 Å². The van der Waals surface area contributed by atoms with E-state index in [2.05, 4.69) is 15.0 Å². The third-order valence-corrected chi connectivity index (χ3v) is 1.89. The predicted octanol–water partition coefficient (Wildman–Crippen LogP) is 2.38. The molecule has 0 amide bonds. The van der Waals surface area contributed by atoms with Crippen molar-refractivity contribution in [2.45, 2.75) is 19.8 Å². The SMILES string of the molecule is Cc1cnc2nc(C(C)(F)F)[nH]c2c1. The second-order valence-corrected chi connectivity index (χ2v) is 3.36. The molecule has 5 heteroatoms. The van der Waals surface area contributed by atoms with Gasteiger partial charge in [0.15, 0.2) is 11.5 Å². The van der Waals surface area contributed by atoms with Gasteiger partial charge >= 0.3 is 5.92 Å². The quantitative estimate of drug-likeness (QED) is 0.762. The van der Waals surface area contributed by atoms with E-state index in [1.54, 1.807) is 12.3 Å². The number of imidazole rings is 1. The van der Waals surface area contributed by atoms with Gasteiger partial charge in [-0.15, -0.1) is 0 Å². The summed E-state index contributed by atoms with van der Waals surface area (Å²) in [5, 5.41) is 0. The van der Waals surface area contributed by atoms with E-state index in [0.717, 1.165) is 12.5 Å². The van der Waals surface area contributed by atoms with Gasteiger partial charge in [-0.05, 0) is 18.6 Å². The van der Waals surface area contributed by atoms with Crippen LogP contribution in [-0.4, -0.2) is 15.0 Å². The number of fused-ring (bicyclic) bond motifs is 1. The van der Waals surface area contributed by atoms with Crippen LogP contribution in [0.2, 0.25) is 0 Å². The summed E-state index contributed by atoms with van der Waals surface area (Å²) < 4.78 is 25.7. The number of nitrogens with one attached hydrogen (secondary N) is 1. The lowest BCUT2D eigenvalue weighted by Gasteiger charge is -2.03. The highest BCUT2D eigenvalue weighted by molar-refractivity contribution is 5.71. The largest absolute Gasteiger partial charge is 0.336 e. The molecule has 2 aromatic rings. The third kappa shape index (κ3) is 1.45.